The Balaban J connectivity index is 1.87. The number of rotatable bonds is 8. The zero-order chi connectivity index (χ0) is 17.4. The predicted octanol–water partition coefficient (Wildman–Crippen LogP) is 3.60. The minimum absolute atomic E-state index is 0.325. The Kier molecular flexibility index (Phi) is 6.49. The molecule has 0 bridgehead atoms. The molecule has 0 spiro atoms. The van der Waals surface area contributed by atoms with Gasteiger partial charge in [0.2, 0.25) is 0 Å². The molecule has 0 fully saturated rings. The monoisotopic (exact) mass is 329 g/mol. The van der Waals surface area contributed by atoms with Crippen molar-refractivity contribution in [3.63, 3.8) is 0 Å². The maximum Gasteiger partial charge on any atom is 0.338 e. The van der Waals surface area contributed by atoms with E-state index in [-0.39, 0.29) is 5.97 Å². The van der Waals surface area contributed by atoms with E-state index >= 15 is 0 Å². The van der Waals surface area contributed by atoms with Crippen molar-refractivity contribution in [1.29, 1.82) is 0 Å². The van der Waals surface area contributed by atoms with E-state index in [1.807, 2.05) is 38.1 Å². The lowest BCUT2D eigenvalue weighted by Gasteiger charge is -2.11. The molecule has 0 aliphatic heterocycles. The van der Waals surface area contributed by atoms with Gasteiger partial charge in [0, 0.05) is 0 Å². The van der Waals surface area contributed by atoms with Crippen LogP contribution >= 0.6 is 0 Å². The lowest BCUT2D eigenvalue weighted by atomic mass is 10.2. The van der Waals surface area contributed by atoms with E-state index in [1.165, 1.54) is 5.56 Å². The van der Waals surface area contributed by atoms with Crippen LogP contribution in [0, 0.1) is 6.92 Å². The molecule has 2 N–H and O–H groups in total. The van der Waals surface area contributed by atoms with Gasteiger partial charge in [0.15, 0.2) is 0 Å². The molecule has 0 atom stereocenters. The molecule has 0 saturated heterocycles. The van der Waals surface area contributed by atoms with Gasteiger partial charge < -0.3 is 19.9 Å². The SMILES string of the molecule is CCCOC(=O)c1ccc(N)c(OCCOc2ccc(C)cc2)c1. The van der Waals surface area contributed by atoms with Crippen LogP contribution in [0.3, 0.4) is 0 Å². The number of esters is 1. The molecule has 0 radical (unpaired) electrons. The quantitative estimate of drug-likeness (QED) is 0.455. The first-order valence-electron chi connectivity index (χ1n) is 7.99. The third-order valence-corrected chi connectivity index (χ3v) is 3.32. The summed E-state index contributed by atoms with van der Waals surface area (Å²) in [5.74, 6) is 0.861. The van der Waals surface area contributed by atoms with Gasteiger partial charge in [-0.1, -0.05) is 24.6 Å². The van der Waals surface area contributed by atoms with E-state index < -0.39 is 0 Å². The second-order valence-electron chi connectivity index (χ2n) is 5.40. The number of hydrogen-bond donors (Lipinski definition) is 1. The summed E-state index contributed by atoms with van der Waals surface area (Å²) in [7, 11) is 0. The fourth-order valence-electron chi connectivity index (χ4n) is 2.01. The summed E-state index contributed by atoms with van der Waals surface area (Å²) in [5.41, 5.74) is 7.95. The van der Waals surface area contributed by atoms with Crippen molar-refractivity contribution in [3.05, 3.63) is 53.6 Å². The molecule has 0 aromatic heterocycles. The Labute approximate surface area is 142 Å². The Bertz CT molecular complexity index is 668. The highest BCUT2D eigenvalue weighted by Crippen LogP contribution is 2.23. The molecule has 5 heteroatoms. The number of anilines is 1. The van der Waals surface area contributed by atoms with E-state index in [0.717, 1.165) is 12.2 Å². The van der Waals surface area contributed by atoms with Gasteiger partial charge in [-0.25, -0.2) is 4.79 Å². The number of benzene rings is 2. The highest BCUT2D eigenvalue weighted by molar-refractivity contribution is 5.90. The molecule has 2 aromatic rings. The summed E-state index contributed by atoms with van der Waals surface area (Å²) in [6, 6.07) is 12.7. The number of hydrogen-bond acceptors (Lipinski definition) is 5. The van der Waals surface area contributed by atoms with Crippen LogP contribution in [0.25, 0.3) is 0 Å². The zero-order valence-electron chi connectivity index (χ0n) is 14.1. The molecule has 128 valence electrons. The predicted molar refractivity (Wildman–Crippen MR) is 93.6 cm³/mol. The zero-order valence-corrected chi connectivity index (χ0v) is 14.1. The maximum absolute atomic E-state index is 11.9. The van der Waals surface area contributed by atoms with E-state index in [2.05, 4.69) is 0 Å². The number of nitrogens with two attached hydrogens (primary N) is 1. The summed E-state index contributed by atoms with van der Waals surface area (Å²) in [4.78, 5) is 11.9. The molecule has 0 saturated carbocycles. The van der Waals surface area contributed by atoms with E-state index in [0.29, 0.717) is 36.8 Å². The molecule has 0 unspecified atom stereocenters. The molecule has 0 heterocycles. The first-order valence-corrected chi connectivity index (χ1v) is 7.99. The van der Waals surface area contributed by atoms with Gasteiger partial charge in [-0.2, -0.15) is 0 Å². The Morgan fingerprint density at radius 2 is 1.71 bits per heavy atom. The highest BCUT2D eigenvalue weighted by atomic mass is 16.5. The van der Waals surface area contributed by atoms with Crippen molar-refractivity contribution < 1.29 is 19.0 Å². The third kappa shape index (κ3) is 5.19. The number of carbonyl (C=O) groups excluding carboxylic acids is 1. The molecule has 0 aliphatic rings. The fraction of sp³-hybridized carbons (Fsp3) is 0.316. The van der Waals surface area contributed by atoms with Gasteiger partial charge in [-0.15, -0.1) is 0 Å². The Morgan fingerprint density at radius 1 is 1.00 bits per heavy atom. The summed E-state index contributed by atoms with van der Waals surface area (Å²) in [6.07, 6.45) is 0.778. The topological polar surface area (TPSA) is 70.8 Å². The number of nitrogen functional groups attached to an aromatic ring is 1. The van der Waals surface area contributed by atoms with Crippen molar-refractivity contribution in [1.82, 2.24) is 0 Å². The van der Waals surface area contributed by atoms with Gasteiger partial charge in [0.1, 0.15) is 24.7 Å². The van der Waals surface area contributed by atoms with Gasteiger partial charge in [0.25, 0.3) is 0 Å². The first-order chi connectivity index (χ1) is 11.6. The average molecular weight is 329 g/mol. The smallest absolute Gasteiger partial charge is 0.338 e. The number of carbonyl (C=O) groups is 1. The van der Waals surface area contributed by atoms with Gasteiger partial charge in [0.05, 0.1) is 17.9 Å². The molecular weight excluding hydrogens is 306 g/mol. The van der Waals surface area contributed by atoms with Crippen LogP contribution in [0.5, 0.6) is 11.5 Å². The molecule has 0 amide bonds. The van der Waals surface area contributed by atoms with Crippen LogP contribution in [0.1, 0.15) is 29.3 Å². The highest BCUT2D eigenvalue weighted by Gasteiger charge is 2.10. The standard InChI is InChI=1S/C19H23NO4/c1-3-10-24-19(21)15-6-9-17(20)18(13-15)23-12-11-22-16-7-4-14(2)5-8-16/h4-9,13H,3,10-12,20H2,1-2H3. The van der Waals surface area contributed by atoms with E-state index in [9.17, 15) is 4.79 Å². The van der Waals surface area contributed by atoms with Crippen molar-refractivity contribution in [2.75, 3.05) is 25.6 Å². The maximum atomic E-state index is 11.9. The second-order valence-corrected chi connectivity index (χ2v) is 5.40. The minimum Gasteiger partial charge on any atom is -0.490 e. The van der Waals surface area contributed by atoms with Crippen LogP contribution in [0.15, 0.2) is 42.5 Å². The molecule has 2 aromatic carbocycles. The summed E-state index contributed by atoms with van der Waals surface area (Å²) in [6.45, 7) is 5.06. The van der Waals surface area contributed by atoms with Crippen molar-refractivity contribution in [2.45, 2.75) is 20.3 Å². The van der Waals surface area contributed by atoms with Crippen LogP contribution < -0.4 is 15.2 Å². The number of aryl methyl sites for hydroxylation is 1. The normalized spacial score (nSPS) is 10.2. The van der Waals surface area contributed by atoms with Crippen molar-refractivity contribution in [2.24, 2.45) is 0 Å². The third-order valence-electron chi connectivity index (χ3n) is 3.32. The van der Waals surface area contributed by atoms with Gasteiger partial charge in [-0.05, 0) is 43.7 Å². The van der Waals surface area contributed by atoms with Gasteiger partial charge in [-0.3, -0.25) is 0 Å². The summed E-state index contributed by atoms with van der Waals surface area (Å²) >= 11 is 0. The van der Waals surface area contributed by atoms with Crippen LogP contribution in [0.2, 0.25) is 0 Å². The summed E-state index contributed by atoms with van der Waals surface area (Å²) < 4.78 is 16.3. The average Bonchev–Trinajstić information content (AvgIpc) is 2.59. The van der Waals surface area contributed by atoms with E-state index in [4.69, 9.17) is 19.9 Å². The van der Waals surface area contributed by atoms with Gasteiger partial charge >= 0.3 is 5.97 Å². The van der Waals surface area contributed by atoms with Crippen molar-refractivity contribution >= 4 is 11.7 Å². The lowest BCUT2D eigenvalue weighted by Crippen LogP contribution is -2.11. The molecular formula is C19H23NO4. The molecule has 0 aliphatic carbocycles. The second kappa shape index (κ2) is 8.82. The lowest BCUT2D eigenvalue weighted by molar-refractivity contribution is 0.0504. The van der Waals surface area contributed by atoms with Crippen LogP contribution in [0.4, 0.5) is 5.69 Å². The Hall–Kier alpha value is -2.69. The molecule has 5 nitrogen and oxygen atoms in total. The molecule has 24 heavy (non-hydrogen) atoms. The van der Waals surface area contributed by atoms with Crippen LogP contribution in [-0.4, -0.2) is 25.8 Å². The van der Waals surface area contributed by atoms with E-state index in [1.54, 1.807) is 18.2 Å². The van der Waals surface area contributed by atoms with Crippen LogP contribution in [-0.2, 0) is 4.74 Å². The Morgan fingerprint density at radius 3 is 2.42 bits per heavy atom. The fourth-order valence-corrected chi connectivity index (χ4v) is 2.01. The minimum atomic E-state index is -0.377. The summed E-state index contributed by atoms with van der Waals surface area (Å²) in [5, 5.41) is 0. The first kappa shape index (κ1) is 17.7. The largest absolute Gasteiger partial charge is 0.490 e. The molecule has 2 rings (SSSR count). The van der Waals surface area contributed by atoms with Crippen molar-refractivity contribution in [3.8, 4) is 11.5 Å². The number of ether oxygens (including phenoxy) is 3.